The van der Waals surface area contributed by atoms with Crippen LogP contribution in [-0.4, -0.2) is 6.61 Å². The van der Waals surface area contributed by atoms with Crippen LogP contribution in [0.3, 0.4) is 0 Å². The monoisotopic (exact) mass is 221 g/mol. The maximum absolute atomic E-state index is 12.3. The van der Waals surface area contributed by atoms with E-state index in [0.717, 1.165) is 11.3 Å². The summed E-state index contributed by atoms with van der Waals surface area (Å²) in [6, 6.07) is 0. The van der Waals surface area contributed by atoms with Crippen molar-refractivity contribution in [1.29, 1.82) is 0 Å². The Hall–Kier alpha value is -0.970. The molecule has 1 rings (SSSR count). The van der Waals surface area contributed by atoms with Crippen LogP contribution in [0.1, 0.15) is 12.0 Å². The number of thiophene rings is 1. The van der Waals surface area contributed by atoms with Gasteiger partial charge in [0.2, 0.25) is 0 Å². The van der Waals surface area contributed by atoms with E-state index in [9.17, 15) is 13.2 Å². The molecule has 0 bridgehead atoms. The molecule has 0 aliphatic heterocycles. The lowest BCUT2D eigenvalue weighted by molar-refractivity contribution is -0.138. The van der Waals surface area contributed by atoms with Gasteiger partial charge in [-0.25, -0.2) is 0 Å². The summed E-state index contributed by atoms with van der Waals surface area (Å²) in [4.78, 5) is 0. The number of rotatable bonds is 4. The van der Waals surface area contributed by atoms with Gasteiger partial charge in [0, 0.05) is 5.38 Å². The van der Waals surface area contributed by atoms with Crippen molar-refractivity contribution in [2.24, 2.45) is 0 Å². The largest absolute Gasteiger partial charge is 0.492 e. The van der Waals surface area contributed by atoms with E-state index in [-0.39, 0.29) is 12.4 Å². The highest BCUT2D eigenvalue weighted by Gasteiger charge is 2.35. The highest BCUT2D eigenvalue weighted by molar-refractivity contribution is 7.07. The van der Waals surface area contributed by atoms with Gasteiger partial charge >= 0.3 is 6.18 Å². The molecule has 0 amide bonds. The molecule has 14 heavy (non-hydrogen) atoms. The number of hydrogen-bond acceptors (Lipinski definition) is 2. The minimum Gasteiger partial charge on any atom is -0.492 e. The molecule has 1 nitrogen and oxygen atoms in total. The van der Waals surface area contributed by atoms with Crippen molar-refractivity contribution in [3.63, 3.8) is 0 Å². The molecule has 0 aromatic carbocycles. The molecule has 0 aliphatic carbocycles. The van der Waals surface area contributed by atoms with Crippen LogP contribution in [-0.2, 0) is 6.18 Å². The van der Waals surface area contributed by atoms with E-state index in [1.807, 2.05) is 0 Å². The second kappa shape index (κ2) is 4.50. The first-order valence-electron chi connectivity index (χ1n) is 3.85. The Labute approximate surface area is 83.8 Å². The van der Waals surface area contributed by atoms with Crippen LogP contribution in [0.5, 0.6) is 5.75 Å². The van der Waals surface area contributed by atoms with Gasteiger partial charge in [-0.05, 0) is 6.42 Å². The van der Waals surface area contributed by atoms with Crippen LogP contribution in [0.4, 0.5) is 13.2 Å². The molecule has 0 fully saturated rings. The quantitative estimate of drug-likeness (QED) is 0.558. The number of halogens is 3. The highest BCUT2D eigenvalue weighted by Crippen LogP contribution is 2.38. The second-order valence-corrected chi connectivity index (χ2v) is 3.18. The molecule has 0 atom stereocenters. The van der Waals surface area contributed by atoms with Gasteiger partial charge in [0.1, 0.15) is 11.3 Å². The smallest absolute Gasteiger partial charge is 0.421 e. The zero-order chi connectivity index (χ0) is 10.6. The van der Waals surface area contributed by atoms with Gasteiger partial charge in [0.05, 0.1) is 12.0 Å². The van der Waals surface area contributed by atoms with E-state index < -0.39 is 11.7 Å². The zero-order valence-electron chi connectivity index (χ0n) is 7.23. The number of ether oxygens (including phenoxy) is 1. The topological polar surface area (TPSA) is 9.23 Å². The van der Waals surface area contributed by atoms with E-state index in [0.29, 0.717) is 6.42 Å². The predicted octanol–water partition coefficient (Wildman–Crippen LogP) is 3.52. The van der Waals surface area contributed by atoms with Crippen molar-refractivity contribution in [1.82, 2.24) is 0 Å². The van der Waals surface area contributed by atoms with E-state index in [2.05, 4.69) is 12.0 Å². The van der Waals surface area contributed by atoms with Gasteiger partial charge in [0.15, 0.2) is 0 Å². The summed E-state index contributed by atoms with van der Waals surface area (Å²) in [6.45, 7) is 3.65. The maximum atomic E-state index is 12.3. The van der Waals surface area contributed by atoms with Gasteiger partial charge in [-0.1, -0.05) is 6.08 Å². The SMILES string of the molecule is C=CCCOc1cs[c]c1C(F)(F)F. The predicted molar refractivity (Wildman–Crippen MR) is 48.5 cm³/mol. The average molecular weight is 221 g/mol. The third-order valence-electron chi connectivity index (χ3n) is 1.44. The van der Waals surface area contributed by atoms with Crippen molar-refractivity contribution in [3.8, 4) is 5.75 Å². The number of hydrogen-bond donors (Lipinski definition) is 0. The first-order chi connectivity index (χ1) is 6.55. The van der Waals surface area contributed by atoms with Crippen LogP contribution in [0.2, 0.25) is 0 Å². The molecule has 0 spiro atoms. The molecule has 1 aromatic rings. The van der Waals surface area contributed by atoms with E-state index in [4.69, 9.17) is 4.74 Å². The standard InChI is InChI=1S/C9H8F3OS/c1-2-3-4-13-8-6-14-5-7(8)9(10,11)12/h2,6H,1,3-4H2. The summed E-state index contributed by atoms with van der Waals surface area (Å²) in [6.07, 6.45) is -2.28. The van der Waals surface area contributed by atoms with Crippen molar-refractivity contribution in [2.75, 3.05) is 6.61 Å². The molecule has 0 saturated heterocycles. The number of alkyl halides is 3. The minimum absolute atomic E-state index is 0.149. The van der Waals surface area contributed by atoms with Gasteiger partial charge in [-0.2, -0.15) is 13.2 Å². The van der Waals surface area contributed by atoms with Gasteiger partial charge in [-0.15, -0.1) is 17.9 Å². The Balaban J connectivity index is 2.68. The van der Waals surface area contributed by atoms with E-state index in [1.165, 1.54) is 5.38 Å². The van der Waals surface area contributed by atoms with Crippen LogP contribution < -0.4 is 4.74 Å². The molecule has 1 aromatic heterocycles. The van der Waals surface area contributed by atoms with Gasteiger partial charge < -0.3 is 4.74 Å². The van der Waals surface area contributed by atoms with Crippen molar-refractivity contribution < 1.29 is 17.9 Å². The molecular weight excluding hydrogens is 213 g/mol. The Morgan fingerprint density at radius 1 is 1.57 bits per heavy atom. The lowest BCUT2D eigenvalue weighted by atomic mass is 10.3. The van der Waals surface area contributed by atoms with Crippen molar-refractivity contribution in [2.45, 2.75) is 12.6 Å². The molecule has 0 saturated carbocycles. The van der Waals surface area contributed by atoms with Crippen LogP contribution in [0.15, 0.2) is 18.0 Å². The van der Waals surface area contributed by atoms with Crippen molar-refractivity contribution >= 4 is 11.3 Å². The van der Waals surface area contributed by atoms with Crippen LogP contribution >= 0.6 is 11.3 Å². The lowest BCUT2D eigenvalue weighted by Crippen LogP contribution is -2.07. The summed E-state index contributed by atoms with van der Waals surface area (Å²) in [5.41, 5.74) is -0.827. The fourth-order valence-electron chi connectivity index (χ4n) is 0.807. The minimum atomic E-state index is -4.39. The fourth-order valence-corrected chi connectivity index (χ4v) is 1.49. The van der Waals surface area contributed by atoms with Crippen LogP contribution in [0, 0.1) is 5.38 Å². The van der Waals surface area contributed by atoms with Crippen LogP contribution in [0.25, 0.3) is 0 Å². The molecule has 0 aliphatic rings. The molecular formula is C9H8F3OS. The maximum Gasteiger partial charge on any atom is 0.421 e. The Kier molecular flexibility index (Phi) is 3.57. The molecule has 1 heterocycles. The Morgan fingerprint density at radius 3 is 2.86 bits per heavy atom. The normalized spacial score (nSPS) is 11.4. The Morgan fingerprint density at radius 2 is 2.29 bits per heavy atom. The Bertz CT molecular complexity index is 303. The third kappa shape index (κ3) is 2.77. The lowest BCUT2D eigenvalue weighted by Gasteiger charge is -2.08. The van der Waals surface area contributed by atoms with Gasteiger partial charge in [0.25, 0.3) is 0 Å². The zero-order valence-corrected chi connectivity index (χ0v) is 8.04. The second-order valence-electron chi connectivity index (χ2n) is 2.50. The van der Waals surface area contributed by atoms with E-state index in [1.54, 1.807) is 6.08 Å². The molecule has 77 valence electrons. The van der Waals surface area contributed by atoms with Crippen molar-refractivity contribution in [3.05, 3.63) is 29.0 Å². The summed E-state index contributed by atoms with van der Waals surface area (Å²) >= 11 is 0.855. The fraction of sp³-hybridized carbons (Fsp3) is 0.333. The average Bonchev–Trinajstić information content (AvgIpc) is 2.52. The molecule has 1 radical (unpaired) electrons. The first kappa shape index (κ1) is 11.1. The summed E-state index contributed by atoms with van der Waals surface area (Å²) in [7, 11) is 0. The summed E-state index contributed by atoms with van der Waals surface area (Å²) < 4.78 is 41.7. The first-order valence-corrected chi connectivity index (χ1v) is 4.73. The molecule has 0 unspecified atom stereocenters. The third-order valence-corrected chi connectivity index (χ3v) is 2.09. The molecule has 5 heteroatoms. The summed E-state index contributed by atoms with van der Waals surface area (Å²) in [5.74, 6) is -0.149. The highest BCUT2D eigenvalue weighted by atomic mass is 32.1. The van der Waals surface area contributed by atoms with E-state index >= 15 is 0 Å². The summed E-state index contributed by atoms with van der Waals surface area (Å²) in [5, 5.41) is 3.44. The van der Waals surface area contributed by atoms with Gasteiger partial charge in [-0.3, -0.25) is 0 Å². The molecule has 0 N–H and O–H groups in total.